The smallest absolute Gasteiger partial charge is 0.234 e. The minimum atomic E-state index is 0.619. The number of aromatic nitrogens is 4. The zero-order valence-corrected chi connectivity index (χ0v) is 11.9. The molecule has 0 radical (unpaired) electrons. The Labute approximate surface area is 120 Å². The van der Waals surface area contributed by atoms with E-state index < -0.39 is 0 Å². The van der Waals surface area contributed by atoms with Crippen molar-refractivity contribution in [3.63, 3.8) is 0 Å². The predicted octanol–water partition coefficient (Wildman–Crippen LogP) is 2.55. The standard InChI is InChI=1S/C14H14N4OS/c1-19-10-9-12-15-16-14-18(12)17-13(20-14)8-7-11-5-3-2-4-6-11/h2-8H,9-10H2,1H3/b8-7+. The van der Waals surface area contributed by atoms with Crippen molar-refractivity contribution in [2.45, 2.75) is 6.42 Å². The van der Waals surface area contributed by atoms with Gasteiger partial charge in [0.15, 0.2) is 5.82 Å². The summed E-state index contributed by atoms with van der Waals surface area (Å²) in [4.78, 5) is 0.809. The van der Waals surface area contributed by atoms with Crippen molar-refractivity contribution in [2.75, 3.05) is 13.7 Å². The largest absolute Gasteiger partial charge is 0.384 e. The zero-order valence-electron chi connectivity index (χ0n) is 11.1. The Morgan fingerprint density at radius 3 is 2.85 bits per heavy atom. The van der Waals surface area contributed by atoms with Gasteiger partial charge in [-0.1, -0.05) is 47.7 Å². The first-order valence-electron chi connectivity index (χ1n) is 6.30. The molecular formula is C14H14N4OS. The summed E-state index contributed by atoms with van der Waals surface area (Å²) < 4.78 is 6.84. The summed E-state index contributed by atoms with van der Waals surface area (Å²) in [5, 5.41) is 13.7. The van der Waals surface area contributed by atoms with Gasteiger partial charge in [0.25, 0.3) is 0 Å². The van der Waals surface area contributed by atoms with E-state index in [-0.39, 0.29) is 0 Å². The lowest BCUT2D eigenvalue weighted by Crippen LogP contribution is -2.01. The van der Waals surface area contributed by atoms with E-state index in [1.165, 1.54) is 11.3 Å². The summed E-state index contributed by atoms with van der Waals surface area (Å²) in [6.07, 6.45) is 4.75. The van der Waals surface area contributed by atoms with E-state index >= 15 is 0 Å². The highest BCUT2D eigenvalue weighted by atomic mass is 32.1. The monoisotopic (exact) mass is 286 g/mol. The second-order valence-electron chi connectivity index (χ2n) is 4.24. The Kier molecular flexibility index (Phi) is 3.85. The van der Waals surface area contributed by atoms with E-state index in [2.05, 4.69) is 27.4 Å². The Morgan fingerprint density at radius 1 is 1.20 bits per heavy atom. The van der Waals surface area contributed by atoms with Crippen molar-refractivity contribution in [1.82, 2.24) is 19.8 Å². The fourth-order valence-corrected chi connectivity index (χ4v) is 2.58. The number of methoxy groups -OCH3 is 1. The molecule has 1 aromatic carbocycles. The van der Waals surface area contributed by atoms with E-state index in [1.807, 2.05) is 30.4 Å². The van der Waals surface area contributed by atoms with Crippen molar-refractivity contribution >= 4 is 28.4 Å². The normalized spacial score (nSPS) is 11.7. The Morgan fingerprint density at radius 2 is 2.05 bits per heavy atom. The van der Waals surface area contributed by atoms with Crippen LogP contribution in [0.25, 0.3) is 17.1 Å². The lowest BCUT2D eigenvalue weighted by molar-refractivity contribution is 0.200. The van der Waals surface area contributed by atoms with Crippen molar-refractivity contribution in [2.24, 2.45) is 0 Å². The molecule has 0 aliphatic carbocycles. The molecule has 3 aromatic rings. The molecule has 5 nitrogen and oxygen atoms in total. The highest BCUT2D eigenvalue weighted by molar-refractivity contribution is 7.17. The second-order valence-corrected chi connectivity index (χ2v) is 5.23. The maximum Gasteiger partial charge on any atom is 0.234 e. The highest BCUT2D eigenvalue weighted by Crippen LogP contribution is 2.16. The van der Waals surface area contributed by atoms with E-state index in [0.29, 0.717) is 13.0 Å². The van der Waals surface area contributed by atoms with E-state index in [1.54, 1.807) is 11.6 Å². The number of ether oxygens (including phenoxy) is 1. The number of nitrogens with zero attached hydrogens (tertiary/aromatic N) is 4. The first-order valence-corrected chi connectivity index (χ1v) is 7.11. The first kappa shape index (κ1) is 13.0. The fourth-order valence-electron chi connectivity index (χ4n) is 1.82. The number of benzene rings is 1. The Bertz CT molecular complexity index is 717. The molecule has 102 valence electrons. The van der Waals surface area contributed by atoms with Crippen molar-refractivity contribution < 1.29 is 4.74 Å². The number of hydrogen-bond donors (Lipinski definition) is 0. The summed E-state index contributed by atoms with van der Waals surface area (Å²) >= 11 is 1.52. The van der Waals surface area contributed by atoms with Crippen molar-refractivity contribution in [1.29, 1.82) is 0 Å². The molecule has 6 heteroatoms. The molecule has 20 heavy (non-hydrogen) atoms. The van der Waals surface area contributed by atoms with Gasteiger partial charge in [-0.05, 0) is 11.6 Å². The lowest BCUT2D eigenvalue weighted by Gasteiger charge is -1.94. The van der Waals surface area contributed by atoms with Gasteiger partial charge in [0, 0.05) is 13.5 Å². The lowest BCUT2D eigenvalue weighted by atomic mass is 10.2. The van der Waals surface area contributed by atoms with Crippen LogP contribution in [0.15, 0.2) is 30.3 Å². The topological polar surface area (TPSA) is 52.3 Å². The third-order valence-electron chi connectivity index (χ3n) is 2.82. The summed E-state index contributed by atoms with van der Waals surface area (Å²) in [6.45, 7) is 0.619. The molecule has 0 N–H and O–H groups in total. The molecule has 0 unspecified atom stereocenters. The second kappa shape index (κ2) is 5.94. The summed E-state index contributed by atoms with van der Waals surface area (Å²) in [7, 11) is 1.67. The average molecular weight is 286 g/mol. The molecular weight excluding hydrogens is 272 g/mol. The van der Waals surface area contributed by atoms with Gasteiger partial charge in [0.05, 0.1) is 6.61 Å². The van der Waals surface area contributed by atoms with Crippen LogP contribution in [-0.4, -0.2) is 33.5 Å². The van der Waals surface area contributed by atoms with Crippen LogP contribution in [-0.2, 0) is 11.2 Å². The molecule has 0 fully saturated rings. The minimum Gasteiger partial charge on any atom is -0.384 e. The van der Waals surface area contributed by atoms with Gasteiger partial charge < -0.3 is 4.74 Å². The summed E-state index contributed by atoms with van der Waals surface area (Å²) in [5.41, 5.74) is 1.15. The zero-order chi connectivity index (χ0) is 13.8. The molecule has 0 amide bonds. The van der Waals surface area contributed by atoms with Gasteiger partial charge in [0.2, 0.25) is 4.96 Å². The molecule has 0 aliphatic rings. The van der Waals surface area contributed by atoms with Crippen LogP contribution < -0.4 is 0 Å². The fraction of sp³-hybridized carbons (Fsp3) is 0.214. The minimum absolute atomic E-state index is 0.619. The summed E-state index contributed by atoms with van der Waals surface area (Å²) in [5.74, 6) is 0.831. The van der Waals surface area contributed by atoms with Gasteiger partial charge in [-0.2, -0.15) is 9.61 Å². The van der Waals surface area contributed by atoms with E-state index in [9.17, 15) is 0 Å². The average Bonchev–Trinajstić information content (AvgIpc) is 3.04. The number of rotatable bonds is 5. The molecule has 0 atom stereocenters. The highest BCUT2D eigenvalue weighted by Gasteiger charge is 2.09. The van der Waals surface area contributed by atoms with Crippen LogP contribution in [0.1, 0.15) is 16.4 Å². The molecule has 2 heterocycles. The van der Waals surface area contributed by atoms with Crippen LogP contribution in [0, 0.1) is 0 Å². The SMILES string of the molecule is COCCc1nnc2sc(/C=C/c3ccccc3)nn12. The maximum atomic E-state index is 5.06. The molecule has 3 rings (SSSR count). The molecule has 0 saturated carbocycles. The Hall–Kier alpha value is -2.05. The van der Waals surface area contributed by atoms with Gasteiger partial charge in [-0.25, -0.2) is 0 Å². The third-order valence-corrected chi connectivity index (χ3v) is 3.68. The molecule has 2 aromatic heterocycles. The Balaban J connectivity index is 1.82. The van der Waals surface area contributed by atoms with Crippen molar-refractivity contribution in [3.05, 3.63) is 46.7 Å². The van der Waals surface area contributed by atoms with E-state index in [4.69, 9.17) is 4.74 Å². The van der Waals surface area contributed by atoms with Crippen LogP contribution in [0.4, 0.5) is 0 Å². The first-order chi connectivity index (χ1) is 9.86. The van der Waals surface area contributed by atoms with Crippen LogP contribution in [0.5, 0.6) is 0 Å². The van der Waals surface area contributed by atoms with Gasteiger partial charge in [0.1, 0.15) is 5.01 Å². The van der Waals surface area contributed by atoms with Gasteiger partial charge in [-0.15, -0.1) is 10.2 Å². The third kappa shape index (κ3) is 2.76. The predicted molar refractivity (Wildman–Crippen MR) is 79.6 cm³/mol. The molecule has 0 saturated heterocycles. The molecule has 0 bridgehead atoms. The maximum absolute atomic E-state index is 5.06. The number of hydrogen-bond acceptors (Lipinski definition) is 5. The van der Waals surface area contributed by atoms with Crippen LogP contribution in [0.2, 0.25) is 0 Å². The van der Waals surface area contributed by atoms with Crippen LogP contribution >= 0.6 is 11.3 Å². The van der Waals surface area contributed by atoms with Crippen molar-refractivity contribution in [3.8, 4) is 0 Å². The quantitative estimate of drug-likeness (QED) is 0.723. The number of fused-ring (bicyclic) bond motifs is 1. The van der Waals surface area contributed by atoms with E-state index in [0.717, 1.165) is 21.4 Å². The summed E-state index contributed by atoms with van der Waals surface area (Å²) in [6, 6.07) is 10.1. The molecule has 0 aliphatic heterocycles. The van der Waals surface area contributed by atoms with Gasteiger partial charge >= 0.3 is 0 Å². The van der Waals surface area contributed by atoms with Crippen LogP contribution in [0.3, 0.4) is 0 Å². The van der Waals surface area contributed by atoms with Gasteiger partial charge in [-0.3, -0.25) is 0 Å². The molecule has 0 spiro atoms.